The highest BCUT2D eigenvalue weighted by Crippen LogP contribution is 2.23. The van der Waals surface area contributed by atoms with Gasteiger partial charge in [-0.3, -0.25) is 4.79 Å². The van der Waals surface area contributed by atoms with Crippen molar-refractivity contribution in [3.63, 3.8) is 0 Å². The molecule has 0 saturated carbocycles. The number of hydrogen-bond donors (Lipinski definition) is 1. The molecule has 4 rings (SSSR count). The van der Waals surface area contributed by atoms with Gasteiger partial charge in [0, 0.05) is 31.2 Å². The second-order valence-corrected chi connectivity index (χ2v) is 10.1. The van der Waals surface area contributed by atoms with E-state index in [1.807, 2.05) is 0 Å². The Balaban J connectivity index is 1.33. The normalized spacial score (nSPS) is 15.6. The summed E-state index contributed by atoms with van der Waals surface area (Å²) in [6.45, 7) is 0.893. The number of nitrogens with zero attached hydrogens (tertiary/aromatic N) is 3. The summed E-state index contributed by atoms with van der Waals surface area (Å²) in [5.41, 5.74) is 1.57. The van der Waals surface area contributed by atoms with Crippen LogP contribution in [0.4, 0.5) is 4.39 Å². The zero-order valence-electron chi connectivity index (χ0n) is 15.7. The third-order valence-corrected chi connectivity index (χ3v) is 7.77. The Morgan fingerprint density at radius 2 is 1.93 bits per heavy atom. The molecule has 0 aliphatic carbocycles. The van der Waals surface area contributed by atoms with Crippen molar-refractivity contribution in [1.29, 1.82) is 0 Å². The lowest BCUT2D eigenvalue weighted by molar-refractivity contribution is -0.129. The minimum atomic E-state index is -3.78. The molecule has 30 heavy (non-hydrogen) atoms. The van der Waals surface area contributed by atoms with Crippen LogP contribution in [0.25, 0.3) is 11.0 Å². The maximum atomic E-state index is 13.4. The van der Waals surface area contributed by atoms with Crippen molar-refractivity contribution >= 4 is 50.3 Å². The first-order valence-electron chi connectivity index (χ1n) is 9.14. The van der Waals surface area contributed by atoms with Gasteiger partial charge in [0.25, 0.3) is 0 Å². The number of H-pyrrole nitrogens is 1. The lowest BCUT2D eigenvalue weighted by Gasteiger charge is -2.34. The number of thioether (sulfide) groups is 1. The molecule has 1 aliphatic rings. The van der Waals surface area contributed by atoms with Crippen LogP contribution in [0.15, 0.2) is 52.5 Å². The van der Waals surface area contributed by atoms with Crippen LogP contribution in [0.1, 0.15) is 0 Å². The zero-order valence-corrected chi connectivity index (χ0v) is 18.1. The molecule has 158 valence electrons. The Morgan fingerprint density at radius 1 is 1.17 bits per heavy atom. The summed E-state index contributed by atoms with van der Waals surface area (Å²) in [6.07, 6.45) is 0. The van der Waals surface area contributed by atoms with E-state index in [9.17, 15) is 17.6 Å². The van der Waals surface area contributed by atoms with Crippen molar-refractivity contribution in [1.82, 2.24) is 19.2 Å². The Bertz CT molecular complexity index is 1190. The van der Waals surface area contributed by atoms with Gasteiger partial charge in [-0.1, -0.05) is 29.4 Å². The van der Waals surface area contributed by atoms with E-state index in [0.717, 1.165) is 17.1 Å². The Kier molecular flexibility index (Phi) is 6.01. The SMILES string of the molecule is O=C(CSc1nc2ccc(Cl)cc2[nH]1)N1CCN(S(=O)(=O)c2cccc(F)c2)CC1. The average molecular weight is 469 g/mol. The first-order valence-corrected chi connectivity index (χ1v) is 11.9. The molecule has 2 heterocycles. The van der Waals surface area contributed by atoms with Crippen LogP contribution in [0.2, 0.25) is 5.02 Å². The molecule has 1 fully saturated rings. The van der Waals surface area contributed by atoms with Crippen molar-refractivity contribution in [2.45, 2.75) is 10.1 Å². The molecule has 0 radical (unpaired) electrons. The summed E-state index contributed by atoms with van der Waals surface area (Å²) in [5, 5.41) is 1.22. The van der Waals surface area contributed by atoms with E-state index in [1.165, 1.54) is 34.3 Å². The molecule has 3 aromatic rings. The highest BCUT2D eigenvalue weighted by molar-refractivity contribution is 7.99. The molecule has 0 bridgehead atoms. The van der Waals surface area contributed by atoms with Gasteiger partial charge in [-0.05, 0) is 36.4 Å². The van der Waals surface area contributed by atoms with Gasteiger partial charge in [0.05, 0.1) is 21.7 Å². The fourth-order valence-corrected chi connectivity index (χ4v) is 5.62. The van der Waals surface area contributed by atoms with Gasteiger partial charge in [-0.25, -0.2) is 17.8 Å². The number of nitrogens with one attached hydrogen (secondary N) is 1. The monoisotopic (exact) mass is 468 g/mol. The average Bonchev–Trinajstić information content (AvgIpc) is 3.14. The second-order valence-electron chi connectivity index (χ2n) is 6.73. The van der Waals surface area contributed by atoms with Gasteiger partial charge in [0.2, 0.25) is 15.9 Å². The third-order valence-electron chi connectivity index (χ3n) is 4.78. The molecule has 1 N–H and O–H groups in total. The van der Waals surface area contributed by atoms with Gasteiger partial charge in [-0.15, -0.1) is 0 Å². The topological polar surface area (TPSA) is 86.4 Å². The number of imidazole rings is 1. The Labute approximate surface area is 182 Å². The molecule has 7 nitrogen and oxygen atoms in total. The van der Waals surface area contributed by atoms with Crippen LogP contribution in [0.5, 0.6) is 0 Å². The number of amides is 1. The number of sulfonamides is 1. The van der Waals surface area contributed by atoms with E-state index in [2.05, 4.69) is 9.97 Å². The van der Waals surface area contributed by atoms with Crippen molar-refractivity contribution in [2.75, 3.05) is 31.9 Å². The third kappa shape index (κ3) is 4.46. The number of rotatable bonds is 5. The highest BCUT2D eigenvalue weighted by atomic mass is 35.5. The summed E-state index contributed by atoms with van der Waals surface area (Å²) in [6, 6.07) is 10.3. The maximum absolute atomic E-state index is 13.4. The Morgan fingerprint density at radius 3 is 2.67 bits per heavy atom. The smallest absolute Gasteiger partial charge is 0.243 e. The summed E-state index contributed by atoms with van der Waals surface area (Å²) in [7, 11) is -3.78. The first-order chi connectivity index (χ1) is 14.3. The number of hydrogen-bond acceptors (Lipinski definition) is 5. The van der Waals surface area contributed by atoms with Crippen molar-refractivity contribution in [3.8, 4) is 0 Å². The number of aromatic amines is 1. The molecule has 1 saturated heterocycles. The van der Waals surface area contributed by atoms with E-state index in [-0.39, 0.29) is 42.7 Å². The lowest BCUT2D eigenvalue weighted by Crippen LogP contribution is -2.50. The number of carbonyl (C=O) groups is 1. The minimum absolute atomic E-state index is 0.0807. The maximum Gasteiger partial charge on any atom is 0.243 e. The van der Waals surface area contributed by atoms with Crippen LogP contribution in [0.3, 0.4) is 0 Å². The van der Waals surface area contributed by atoms with Crippen molar-refractivity contribution in [2.24, 2.45) is 0 Å². The second kappa shape index (κ2) is 8.54. The summed E-state index contributed by atoms with van der Waals surface area (Å²) in [4.78, 5) is 21.6. The molecular formula is C19H18ClFN4O3S2. The summed E-state index contributed by atoms with van der Waals surface area (Å²) < 4.78 is 40.0. The van der Waals surface area contributed by atoms with E-state index in [0.29, 0.717) is 10.2 Å². The summed E-state index contributed by atoms with van der Waals surface area (Å²) >= 11 is 7.25. The molecule has 1 aromatic heterocycles. The quantitative estimate of drug-likeness (QED) is 0.582. The molecule has 0 atom stereocenters. The van der Waals surface area contributed by atoms with Gasteiger partial charge >= 0.3 is 0 Å². The highest BCUT2D eigenvalue weighted by Gasteiger charge is 2.30. The van der Waals surface area contributed by atoms with Crippen LogP contribution < -0.4 is 0 Å². The molecule has 0 unspecified atom stereocenters. The van der Waals surface area contributed by atoms with E-state index >= 15 is 0 Å². The number of piperazine rings is 1. The van der Waals surface area contributed by atoms with Gasteiger partial charge in [-0.2, -0.15) is 4.31 Å². The first kappa shape index (κ1) is 21.1. The van der Waals surface area contributed by atoms with Crippen molar-refractivity contribution in [3.05, 3.63) is 53.3 Å². The lowest BCUT2D eigenvalue weighted by atomic mass is 10.3. The molecule has 1 aliphatic heterocycles. The fourth-order valence-electron chi connectivity index (χ4n) is 3.20. The van der Waals surface area contributed by atoms with Crippen LogP contribution in [0, 0.1) is 5.82 Å². The van der Waals surface area contributed by atoms with Gasteiger partial charge in [0.1, 0.15) is 5.82 Å². The summed E-state index contributed by atoms with van der Waals surface area (Å²) in [5.74, 6) is -0.513. The molecule has 2 aromatic carbocycles. The van der Waals surface area contributed by atoms with E-state index < -0.39 is 15.8 Å². The standard InChI is InChI=1S/C19H18ClFN4O3S2/c20-13-4-5-16-17(10-13)23-19(22-16)29-12-18(26)24-6-8-25(9-7-24)30(27,28)15-3-1-2-14(21)11-15/h1-5,10-11H,6-9,12H2,(H,22,23). The van der Waals surface area contributed by atoms with E-state index in [4.69, 9.17) is 11.6 Å². The number of halogens is 2. The zero-order chi connectivity index (χ0) is 21.3. The van der Waals surface area contributed by atoms with Crippen LogP contribution in [-0.4, -0.2) is 65.4 Å². The van der Waals surface area contributed by atoms with Crippen LogP contribution in [-0.2, 0) is 14.8 Å². The van der Waals surface area contributed by atoms with E-state index in [1.54, 1.807) is 23.1 Å². The van der Waals surface area contributed by atoms with Gasteiger partial charge < -0.3 is 9.88 Å². The fraction of sp³-hybridized carbons (Fsp3) is 0.263. The molecule has 1 amide bonds. The number of fused-ring (bicyclic) bond motifs is 1. The number of benzene rings is 2. The van der Waals surface area contributed by atoms with Gasteiger partial charge in [0.15, 0.2) is 5.16 Å². The molecular weight excluding hydrogens is 451 g/mol. The molecule has 11 heteroatoms. The number of carbonyl (C=O) groups excluding carboxylic acids is 1. The Hall–Kier alpha value is -2.14. The van der Waals surface area contributed by atoms with Crippen LogP contribution >= 0.6 is 23.4 Å². The number of aromatic nitrogens is 2. The van der Waals surface area contributed by atoms with Crippen molar-refractivity contribution < 1.29 is 17.6 Å². The predicted octanol–water partition coefficient (Wildman–Crippen LogP) is 2.98. The predicted molar refractivity (Wildman–Crippen MR) is 114 cm³/mol. The molecule has 0 spiro atoms. The minimum Gasteiger partial charge on any atom is -0.339 e. The largest absolute Gasteiger partial charge is 0.339 e.